The van der Waals surface area contributed by atoms with E-state index in [4.69, 9.17) is 4.99 Å². The number of carbonyl (C=O) groups is 1. The summed E-state index contributed by atoms with van der Waals surface area (Å²) in [5, 5.41) is 9.89. The standard InChI is InChI=1S/C27H29N3O2Si/c1-27(2,3)26-29-24(25(31)32)22-17-28-23(19-10-8-7-9-11-19)20-16-18(14-15-33(4,5)6)12-13-21(20)30(22)26/h7-13,16H,17H2,1-6H3,(H,31,32). The number of hydrogen-bond donors (Lipinski definition) is 1. The molecule has 0 bridgehead atoms. The van der Waals surface area contributed by atoms with E-state index < -0.39 is 14.0 Å². The van der Waals surface area contributed by atoms with Crippen molar-refractivity contribution in [1.29, 1.82) is 0 Å². The number of nitrogens with zero attached hydrogens (tertiary/aromatic N) is 3. The Morgan fingerprint density at radius 3 is 2.39 bits per heavy atom. The number of rotatable bonds is 2. The summed E-state index contributed by atoms with van der Waals surface area (Å²) in [5.41, 5.74) is 8.32. The molecule has 0 unspecified atom stereocenters. The number of aliphatic imine (C=N–C) groups is 1. The van der Waals surface area contributed by atoms with Crippen LogP contribution in [0.5, 0.6) is 0 Å². The molecule has 5 nitrogen and oxygen atoms in total. The molecule has 0 amide bonds. The number of carboxylic acids is 1. The lowest BCUT2D eigenvalue weighted by Gasteiger charge is -2.22. The Balaban J connectivity index is 2.04. The Morgan fingerprint density at radius 2 is 1.79 bits per heavy atom. The lowest BCUT2D eigenvalue weighted by molar-refractivity contribution is 0.0689. The molecule has 1 aromatic heterocycles. The maximum absolute atomic E-state index is 12.1. The second kappa shape index (κ2) is 8.16. The van der Waals surface area contributed by atoms with Gasteiger partial charge in [0.15, 0.2) is 5.69 Å². The van der Waals surface area contributed by atoms with Crippen LogP contribution in [0.1, 0.15) is 59.5 Å². The highest BCUT2D eigenvalue weighted by atomic mass is 28.3. The summed E-state index contributed by atoms with van der Waals surface area (Å²) in [6.07, 6.45) is 0. The van der Waals surface area contributed by atoms with Gasteiger partial charge in [0, 0.05) is 22.1 Å². The molecular weight excluding hydrogens is 426 g/mol. The van der Waals surface area contributed by atoms with Gasteiger partial charge in [-0.05, 0) is 18.2 Å². The van der Waals surface area contributed by atoms with Gasteiger partial charge in [-0.3, -0.25) is 9.56 Å². The molecule has 0 saturated carbocycles. The van der Waals surface area contributed by atoms with Crippen molar-refractivity contribution in [3.63, 3.8) is 0 Å². The number of carboxylic acid groups (broad SMARTS) is 1. The highest BCUT2D eigenvalue weighted by Crippen LogP contribution is 2.33. The van der Waals surface area contributed by atoms with Crippen LogP contribution in [-0.2, 0) is 12.0 Å². The molecular formula is C27H29N3O2Si. The highest BCUT2D eigenvalue weighted by Gasteiger charge is 2.32. The number of benzene rings is 2. The van der Waals surface area contributed by atoms with Crippen LogP contribution >= 0.6 is 0 Å². The summed E-state index contributed by atoms with van der Waals surface area (Å²) in [4.78, 5) is 21.6. The molecule has 0 aliphatic carbocycles. The zero-order valence-electron chi connectivity index (χ0n) is 20.0. The molecule has 0 spiro atoms. The molecule has 4 rings (SSSR count). The fourth-order valence-electron chi connectivity index (χ4n) is 3.87. The largest absolute Gasteiger partial charge is 0.476 e. The first kappa shape index (κ1) is 22.7. The minimum Gasteiger partial charge on any atom is -0.476 e. The van der Waals surface area contributed by atoms with Gasteiger partial charge in [-0.15, -0.1) is 5.54 Å². The minimum atomic E-state index is -1.54. The zero-order valence-corrected chi connectivity index (χ0v) is 21.0. The molecule has 1 N–H and O–H groups in total. The number of hydrogen-bond acceptors (Lipinski definition) is 3. The lowest BCUT2D eigenvalue weighted by Crippen LogP contribution is -2.20. The number of fused-ring (bicyclic) bond motifs is 3. The molecule has 0 atom stereocenters. The predicted octanol–water partition coefficient (Wildman–Crippen LogP) is 5.45. The molecule has 33 heavy (non-hydrogen) atoms. The fourth-order valence-corrected chi connectivity index (χ4v) is 4.39. The Bertz CT molecular complexity index is 1330. The normalized spacial score (nSPS) is 13.2. The van der Waals surface area contributed by atoms with Crippen molar-refractivity contribution in [2.75, 3.05) is 0 Å². The molecule has 3 aromatic rings. The van der Waals surface area contributed by atoms with Gasteiger partial charge in [0.2, 0.25) is 0 Å². The van der Waals surface area contributed by atoms with Gasteiger partial charge >= 0.3 is 5.97 Å². The van der Waals surface area contributed by atoms with Crippen LogP contribution in [0.25, 0.3) is 5.69 Å². The van der Waals surface area contributed by atoms with E-state index in [2.05, 4.69) is 42.2 Å². The minimum absolute atomic E-state index is 0.0616. The van der Waals surface area contributed by atoms with Crippen molar-refractivity contribution in [2.24, 2.45) is 4.99 Å². The number of imidazole rings is 1. The van der Waals surface area contributed by atoms with E-state index in [0.29, 0.717) is 11.5 Å². The second-order valence-electron chi connectivity index (χ2n) is 10.4. The van der Waals surface area contributed by atoms with Crippen LogP contribution in [0.15, 0.2) is 53.5 Å². The van der Waals surface area contributed by atoms with Crippen LogP contribution in [-0.4, -0.2) is 34.4 Å². The molecule has 168 valence electrons. The smallest absolute Gasteiger partial charge is 0.356 e. The molecule has 0 radical (unpaired) electrons. The maximum atomic E-state index is 12.1. The summed E-state index contributed by atoms with van der Waals surface area (Å²) in [6.45, 7) is 13.0. The molecule has 0 saturated heterocycles. The summed E-state index contributed by atoms with van der Waals surface area (Å²) in [7, 11) is -1.54. The molecule has 1 aliphatic heterocycles. The van der Waals surface area contributed by atoms with Crippen molar-refractivity contribution >= 4 is 19.8 Å². The third kappa shape index (κ3) is 4.55. The average Bonchev–Trinajstić information content (AvgIpc) is 3.05. The van der Waals surface area contributed by atoms with Gasteiger partial charge in [-0.1, -0.05) is 76.7 Å². The summed E-state index contributed by atoms with van der Waals surface area (Å²) in [5.74, 6) is 3.03. The Kier molecular flexibility index (Phi) is 5.63. The predicted molar refractivity (Wildman–Crippen MR) is 135 cm³/mol. The molecule has 2 heterocycles. The van der Waals surface area contributed by atoms with Crippen molar-refractivity contribution in [3.8, 4) is 17.2 Å². The van der Waals surface area contributed by atoms with Crippen LogP contribution in [0.4, 0.5) is 0 Å². The lowest BCUT2D eigenvalue weighted by atomic mass is 9.94. The SMILES string of the molecule is CC(C)(C)c1nc(C(=O)O)c2n1-c1ccc(C#C[Si](C)(C)C)cc1C(c1ccccc1)=NC2. The van der Waals surface area contributed by atoms with E-state index in [0.717, 1.165) is 28.1 Å². The molecule has 0 fully saturated rings. The van der Waals surface area contributed by atoms with Crippen molar-refractivity contribution < 1.29 is 9.90 Å². The fraction of sp³-hybridized carbons (Fsp3) is 0.296. The van der Waals surface area contributed by atoms with Gasteiger partial charge in [0.25, 0.3) is 0 Å². The Hall–Kier alpha value is -3.43. The van der Waals surface area contributed by atoms with Gasteiger partial charge in [-0.2, -0.15) is 0 Å². The van der Waals surface area contributed by atoms with E-state index in [-0.39, 0.29) is 17.7 Å². The summed E-state index contributed by atoms with van der Waals surface area (Å²) >= 11 is 0. The first-order valence-corrected chi connectivity index (χ1v) is 14.6. The molecule has 2 aromatic carbocycles. The third-order valence-corrected chi connectivity index (χ3v) is 6.23. The summed E-state index contributed by atoms with van der Waals surface area (Å²) < 4.78 is 1.99. The van der Waals surface area contributed by atoms with Crippen molar-refractivity contribution in [3.05, 3.63) is 82.4 Å². The Morgan fingerprint density at radius 1 is 1.09 bits per heavy atom. The van der Waals surface area contributed by atoms with E-state index in [1.165, 1.54) is 0 Å². The maximum Gasteiger partial charge on any atom is 0.356 e. The summed E-state index contributed by atoms with van der Waals surface area (Å²) in [6, 6.07) is 16.1. The van der Waals surface area contributed by atoms with E-state index >= 15 is 0 Å². The number of aromatic nitrogens is 2. The first-order valence-electron chi connectivity index (χ1n) is 11.1. The van der Waals surface area contributed by atoms with E-state index in [9.17, 15) is 9.90 Å². The van der Waals surface area contributed by atoms with Crippen molar-refractivity contribution in [1.82, 2.24) is 9.55 Å². The van der Waals surface area contributed by atoms with Gasteiger partial charge in [0.05, 0.1) is 23.6 Å². The highest BCUT2D eigenvalue weighted by molar-refractivity contribution is 6.83. The average molecular weight is 456 g/mol. The Labute approximate surface area is 196 Å². The first-order chi connectivity index (χ1) is 15.5. The van der Waals surface area contributed by atoms with Crippen molar-refractivity contribution in [2.45, 2.75) is 52.4 Å². The topological polar surface area (TPSA) is 67.5 Å². The van der Waals surface area contributed by atoms with Crippen LogP contribution in [0, 0.1) is 11.5 Å². The number of aromatic carboxylic acids is 1. The van der Waals surface area contributed by atoms with Gasteiger partial charge in [-0.25, -0.2) is 9.78 Å². The van der Waals surface area contributed by atoms with Gasteiger partial charge < -0.3 is 5.11 Å². The second-order valence-corrected chi connectivity index (χ2v) is 15.1. The van der Waals surface area contributed by atoms with Gasteiger partial charge in [0.1, 0.15) is 13.9 Å². The monoisotopic (exact) mass is 455 g/mol. The quantitative estimate of drug-likeness (QED) is 0.413. The van der Waals surface area contributed by atoms with Crippen LogP contribution in [0.2, 0.25) is 19.6 Å². The zero-order chi connectivity index (χ0) is 24.0. The van der Waals surface area contributed by atoms with E-state index in [1.54, 1.807) is 0 Å². The van der Waals surface area contributed by atoms with Crippen LogP contribution in [0.3, 0.4) is 0 Å². The van der Waals surface area contributed by atoms with E-state index in [1.807, 2.05) is 67.8 Å². The third-order valence-electron chi connectivity index (χ3n) is 5.35. The van der Waals surface area contributed by atoms with Crippen LogP contribution < -0.4 is 0 Å². The molecule has 1 aliphatic rings. The molecule has 6 heteroatoms.